The van der Waals surface area contributed by atoms with E-state index in [0.717, 1.165) is 17.7 Å². The van der Waals surface area contributed by atoms with E-state index < -0.39 is 12.0 Å². The van der Waals surface area contributed by atoms with E-state index in [1.54, 1.807) is 22.8 Å². The predicted octanol–water partition coefficient (Wildman–Crippen LogP) is 2.38. The Balaban J connectivity index is 1.53. The summed E-state index contributed by atoms with van der Waals surface area (Å²) < 4.78 is 22.0. The third kappa shape index (κ3) is 2.13. The summed E-state index contributed by atoms with van der Waals surface area (Å²) >= 11 is 0. The second kappa shape index (κ2) is 5.87. The molecule has 1 N–H and O–H groups in total. The summed E-state index contributed by atoms with van der Waals surface area (Å²) in [7, 11) is 0. The molecule has 1 saturated carbocycles. The van der Waals surface area contributed by atoms with Gasteiger partial charge in [-0.2, -0.15) is 14.6 Å². The average molecular weight is 406 g/mol. The summed E-state index contributed by atoms with van der Waals surface area (Å²) in [5.41, 5.74) is 0.122. The standard InChI is InChI=1S/C19H15FN8O2/c20-18-26(10-21)9-13-27(18)12-6-2-1-5-11(12)14-23-24-15(28(13)14)16-22-17(25-30-16)19(29)7-3-4-8-19/h1-2,5-6,9,18,29H,3-4,7-8H2. The van der Waals surface area contributed by atoms with Crippen LogP contribution in [0, 0.1) is 11.5 Å². The molecule has 0 radical (unpaired) electrons. The molecule has 10 nitrogen and oxygen atoms in total. The number of halogens is 1. The third-order valence-corrected chi connectivity index (χ3v) is 5.82. The number of aliphatic hydroxyl groups is 1. The Hall–Kier alpha value is -3.78. The van der Waals surface area contributed by atoms with E-state index in [4.69, 9.17) is 4.52 Å². The molecule has 30 heavy (non-hydrogen) atoms. The van der Waals surface area contributed by atoms with Gasteiger partial charge in [0.1, 0.15) is 11.4 Å². The number of rotatable bonds is 2. The van der Waals surface area contributed by atoms with Crippen LogP contribution in [-0.2, 0) is 5.60 Å². The van der Waals surface area contributed by atoms with E-state index in [-0.39, 0.29) is 17.5 Å². The van der Waals surface area contributed by atoms with Gasteiger partial charge in [0.15, 0.2) is 12.0 Å². The molecule has 2 aliphatic heterocycles. The van der Waals surface area contributed by atoms with E-state index in [2.05, 4.69) is 20.3 Å². The first-order valence-corrected chi connectivity index (χ1v) is 9.56. The zero-order valence-electron chi connectivity index (χ0n) is 15.6. The van der Waals surface area contributed by atoms with Gasteiger partial charge in [-0.3, -0.25) is 9.47 Å². The number of hydrogen-bond donors (Lipinski definition) is 1. The van der Waals surface area contributed by atoms with Gasteiger partial charge in [-0.25, -0.2) is 4.90 Å². The lowest BCUT2D eigenvalue weighted by molar-refractivity contribution is 0.0328. The fourth-order valence-corrected chi connectivity index (χ4v) is 4.34. The van der Waals surface area contributed by atoms with E-state index >= 15 is 4.39 Å². The number of alkyl halides is 1. The molecule has 2 aromatic heterocycles. The minimum absolute atomic E-state index is 0.0649. The van der Waals surface area contributed by atoms with Gasteiger partial charge in [-0.1, -0.05) is 17.3 Å². The lowest BCUT2D eigenvalue weighted by Crippen LogP contribution is -2.36. The van der Waals surface area contributed by atoms with Crippen molar-refractivity contribution in [1.82, 2.24) is 29.8 Å². The Morgan fingerprint density at radius 3 is 2.77 bits per heavy atom. The molecule has 150 valence electrons. The maximum Gasteiger partial charge on any atom is 0.296 e. The summed E-state index contributed by atoms with van der Waals surface area (Å²) in [5.74, 6) is 1.31. The number of benzene rings is 1. The highest BCUT2D eigenvalue weighted by Crippen LogP contribution is 2.46. The van der Waals surface area contributed by atoms with Gasteiger partial charge >= 0.3 is 0 Å². The number of nitrogens with zero attached hydrogens (tertiary/aromatic N) is 8. The molecule has 1 unspecified atom stereocenters. The van der Waals surface area contributed by atoms with Gasteiger partial charge in [0.25, 0.3) is 12.3 Å². The molecule has 3 aromatic rings. The van der Waals surface area contributed by atoms with Gasteiger partial charge in [-0.05, 0) is 37.8 Å². The van der Waals surface area contributed by atoms with Crippen molar-refractivity contribution in [1.29, 1.82) is 5.26 Å². The average Bonchev–Trinajstić information content (AvgIpc) is 3.53. The molecule has 0 bridgehead atoms. The quantitative estimate of drug-likeness (QED) is 0.505. The van der Waals surface area contributed by atoms with Gasteiger partial charge in [0, 0.05) is 5.56 Å². The van der Waals surface area contributed by atoms with Crippen molar-refractivity contribution in [3.05, 3.63) is 36.3 Å². The zero-order valence-corrected chi connectivity index (χ0v) is 15.6. The first kappa shape index (κ1) is 17.1. The van der Waals surface area contributed by atoms with Crippen LogP contribution < -0.4 is 4.90 Å². The van der Waals surface area contributed by atoms with Crippen molar-refractivity contribution in [3.63, 3.8) is 0 Å². The van der Waals surface area contributed by atoms with Crippen LogP contribution in [0.2, 0.25) is 0 Å². The summed E-state index contributed by atoms with van der Waals surface area (Å²) in [6.45, 7) is 0. The van der Waals surface area contributed by atoms with E-state index in [9.17, 15) is 10.4 Å². The van der Waals surface area contributed by atoms with Crippen LogP contribution in [0.25, 0.3) is 28.9 Å². The number of hydrogen-bond acceptors (Lipinski definition) is 9. The van der Waals surface area contributed by atoms with Gasteiger partial charge in [0.05, 0.1) is 11.9 Å². The van der Waals surface area contributed by atoms with Crippen molar-refractivity contribution in [2.24, 2.45) is 0 Å². The summed E-state index contributed by atoms with van der Waals surface area (Å²) in [6, 6.07) is 7.17. The van der Waals surface area contributed by atoms with Gasteiger partial charge < -0.3 is 9.63 Å². The van der Waals surface area contributed by atoms with E-state index in [1.807, 2.05) is 12.3 Å². The van der Waals surface area contributed by atoms with Crippen molar-refractivity contribution < 1.29 is 14.0 Å². The number of anilines is 1. The van der Waals surface area contributed by atoms with Gasteiger partial charge in [-0.15, -0.1) is 10.2 Å². The Morgan fingerprint density at radius 2 is 1.97 bits per heavy atom. The first-order valence-electron chi connectivity index (χ1n) is 9.56. The summed E-state index contributed by atoms with van der Waals surface area (Å²) in [4.78, 5) is 6.67. The first-order chi connectivity index (χ1) is 14.6. The minimum atomic E-state index is -1.70. The lowest BCUT2D eigenvalue weighted by atomic mass is 10.0. The van der Waals surface area contributed by atoms with E-state index in [1.165, 1.54) is 11.1 Å². The zero-order chi connectivity index (χ0) is 20.5. The fourth-order valence-electron chi connectivity index (χ4n) is 4.34. The van der Waals surface area contributed by atoms with Crippen LogP contribution in [0.15, 0.2) is 35.0 Å². The van der Waals surface area contributed by atoms with Crippen LogP contribution in [0.3, 0.4) is 0 Å². The smallest absolute Gasteiger partial charge is 0.296 e. The predicted molar refractivity (Wildman–Crippen MR) is 100 cm³/mol. The Kier molecular flexibility index (Phi) is 3.35. The second-order valence-corrected chi connectivity index (χ2v) is 7.54. The molecule has 0 saturated heterocycles. The summed E-state index contributed by atoms with van der Waals surface area (Å²) in [5, 5.41) is 32.5. The molecule has 4 heterocycles. The topological polar surface area (TPSA) is 120 Å². The normalized spacial score (nSPS) is 21.1. The summed E-state index contributed by atoms with van der Waals surface area (Å²) in [6.07, 6.45) is 4.43. The van der Waals surface area contributed by atoms with Crippen LogP contribution in [-0.4, -0.2) is 41.3 Å². The minimum Gasteiger partial charge on any atom is -0.382 e. The van der Waals surface area contributed by atoms with Crippen LogP contribution in [0.4, 0.5) is 10.1 Å². The molecule has 0 amide bonds. The van der Waals surface area contributed by atoms with E-state index in [0.29, 0.717) is 35.7 Å². The molecule has 11 heteroatoms. The van der Waals surface area contributed by atoms with Crippen LogP contribution in [0.1, 0.15) is 31.5 Å². The fraction of sp³-hybridized carbons (Fsp3) is 0.316. The molecule has 1 aromatic carbocycles. The third-order valence-electron chi connectivity index (χ3n) is 5.82. The van der Waals surface area contributed by atoms with Crippen molar-refractivity contribution in [3.8, 4) is 29.3 Å². The monoisotopic (exact) mass is 406 g/mol. The number of nitriles is 1. The molecule has 1 atom stereocenters. The molecule has 6 rings (SSSR count). The highest BCUT2D eigenvalue weighted by atomic mass is 19.1. The highest BCUT2D eigenvalue weighted by molar-refractivity contribution is 5.90. The molecular formula is C19H15FN8O2. The molecular weight excluding hydrogens is 391 g/mol. The molecule has 1 fully saturated rings. The number of aromatic nitrogens is 5. The van der Waals surface area contributed by atoms with Crippen molar-refractivity contribution in [2.45, 2.75) is 37.7 Å². The Labute approximate surface area is 169 Å². The number of fused-ring (bicyclic) bond motifs is 6. The van der Waals surface area contributed by atoms with Crippen molar-refractivity contribution in [2.75, 3.05) is 4.90 Å². The Morgan fingerprint density at radius 1 is 1.20 bits per heavy atom. The SMILES string of the molecule is N#CN1C=C2N(c3ccccc3-c3nnc(-c4nc(C5(O)CCCC5)no4)n32)C1F. The lowest BCUT2D eigenvalue weighted by Gasteiger charge is -2.31. The maximum atomic E-state index is 15.0. The van der Waals surface area contributed by atoms with Crippen LogP contribution in [0.5, 0.6) is 0 Å². The second-order valence-electron chi connectivity index (χ2n) is 7.54. The number of para-hydroxylation sites is 1. The largest absolute Gasteiger partial charge is 0.382 e. The highest BCUT2D eigenvalue weighted by Gasteiger charge is 2.43. The molecule has 3 aliphatic rings. The molecule has 1 aliphatic carbocycles. The molecule has 0 spiro atoms. The van der Waals surface area contributed by atoms with Crippen molar-refractivity contribution >= 4 is 11.5 Å². The Bertz CT molecular complexity index is 1240. The van der Waals surface area contributed by atoms with Crippen LogP contribution >= 0.6 is 0 Å². The maximum absolute atomic E-state index is 15.0. The van der Waals surface area contributed by atoms with Gasteiger partial charge in [0.2, 0.25) is 11.6 Å².